The van der Waals surface area contributed by atoms with Crippen LogP contribution in [0.4, 0.5) is 0 Å². The van der Waals surface area contributed by atoms with Crippen LogP contribution in [-0.2, 0) is 4.79 Å². The second kappa shape index (κ2) is 5.16. The molecular weight excluding hydrogens is 172 g/mol. The molecule has 0 saturated carbocycles. The molecule has 5 heteroatoms. The first-order valence-corrected chi connectivity index (χ1v) is 4.54. The molecule has 1 rings (SSSR count). The summed E-state index contributed by atoms with van der Waals surface area (Å²) in [5.41, 5.74) is 0. The van der Waals surface area contributed by atoms with Crippen molar-refractivity contribution in [1.82, 2.24) is 10.6 Å². The van der Waals surface area contributed by atoms with E-state index >= 15 is 0 Å². The molecule has 2 unspecified atom stereocenters. The highest BCUT2D eigenvalue weighted by Crippen LogP contribution is 2.02. The van der Waals surface area contributed by atoms with Crippen molar-refractivity contribution in [2.24, 2.45) is 0 Å². The van der Waals surface area contributed by atoms with Crippen molar-refractivity contribution in [3.05, 3.63) is 0 Å². The number of piperidine rings is 1. The van der Waals surface area contributed by atoms with Crippen LogP contribution in [0.1, 0.15) is 12.8 Å². The second-order valence-corrected chi connectivity index (χ2v) is 3.23. The first-order chi connectivity index (χ1) is 6.24. The Morgan fingerprint density at radius 2 is 2.46 bits per heavy atom. The summed E-state index contributed by atoms with van der Waals surface area (Å²) in [7, 11) is 0. The number of hydrogen-bond acceptors (Lipinski definition) is 4. The lowest BCUT2D eigenvalue weighted by Crippen LogP contribution is -2.50. The highest BCUT2D eigenvalue weighted by Gasteiger charge is 2.21. The number of amides is 1. The third-order valence-electron chi connectivity index (χ3n) is 2.10. The van der Waals surface area contributed by atoms with E-state index in [2.05, 4.69) is 10.6 Å². The number of aliphatic hydroxyl groups excluding tert-OH is 2. The van der Waals surface area contributed by atoms with Gasteiger partial charge in [0.2, 0.25) is 5.91 Å². The van der Waals surface area contributed by atoms with E-state index in [1.54, 1.807) is 0 Å². The fraction of sp³-hybridized carbons (Fsp3) is 0.875. The van der Waals surface area contributed by atoms with E-state index in [1.807, 2.05) is 0 Å². The van der Waals surface area contributed by atoms with Crippen LogP contribution in [0.5, 0.6) is 0 Å². The van der Waals surface area contributed by atoms with Gasteiger partial charge in [-0.1, -0.05) is 0 Å². The third kappa shape index (κ3) is 3.30. The van der Waals surface area contributed by atoms with Crippen molar-refractivity contribution in [1.29, 1.82) is 0 Å². The highest BCUT2D eigenvalue weighted by atomic mass is 16.3. The minimum absolute atomic E-state index is 0.0172. The van der Waals surface area contributed by atoms with E-state index in [9.17, 15) is 4.79 Å². The van der Waals surface area contributed by atoms with Crippen molar-refractivity contribution >= 4 is 5.91 Å². The Kier molecular flexibility index (Phi) is 4.14. The minimum Gasteiger partial charge on any atom is -0.394 e. The minimum atomic E-state index is -0.783. The first kappa shape index (κ1) is 10.4. The lowest BCUT2D eigenvalue weighted by Gasteiger charge is -2.23. The van der Waals surface area contributed by atoms with Gasteiger partial charge in [0, 0.05) is 13.1 Å². The van der Waals surface area contributed by atoms with E-state index < -0.39 is 6.10 Å². The lowest BCUT2D eigenvalue weighted by molar-refractivity contribution is -0.124. The van der Waals surface area contributed by atoms with Crippen LogP contribution in [0.25, 0.3) is 0 Å². The molecule has 5 nitrogen and oxygen atoms in total. The molecule has 1 saturated heterocycles. The highest BCUT2D eigenvalue weighted by molar-refractivity contribution is 5.82. The van der Waals surface area contributed by atoms with Crippen LogP contribution >= 0.6 is 0 Å². The fourth-order valence-electron chi connectivity index (χ4n) is 1.31. The topological polar surface area (TPSA) is 81.6 Å². The maximum atomic E-state index is 11.2. The zero-order valence-corrected chi connectivity index (χ0v) is 7.49. The van der Waals surface area contributed by atoms with Gasteiger partial charge in [0.15, 0.2) is 0 Å². The number of carbonyl (C=O) groups is 1. The molecule has 13 heavy (non-hydrogen) atoms. The SMILES string of the molecule is O=C1NCCCC1NCC(O)CO. The van der Waals surface area contributed by atoms with E-state index in [4.69, 9.17) is 10.2 Å². The molecule has 1 heterocycles. The average Bonchev–Trinajstić information content (AvgIpc) is 2.16. The van der Waals surface area contributed by atoms with E-state index in [0.717, 1.165) is 19.4 Å². The average molecular weight is 188 g/mol. The zero-order valence-electron chi connectivity index (χ0n) is 7.49. The third-order valence-corrected chi connectivity index (χ3v) is 2.10. The number of aliphatic hydroxyl groups is 2. The van der Waals surface area contributed by atoms with Crippen LogP contribution < -0.4 is 10.6 Å². The molecule has 76 valence electrons. The Morgan fingerprint density at radius 3 is 3.08 bits per heavy atom. The van der Waals surface area contributed by atoms with Gasteiger partial charge in [-0.05, 0) is 12.8 Å². The summed E-state index contributed by atoms with van der Waals surface area (Å²) in [4.78, 5) is 11.2. The molecule has 0 aromatic rings. The van der Waals surface area contributed by atoms with Gasteiger partial charge in [-0.15, -0.1) is 0 Å². The van der Waals surface area contributed by atoms with E-state index in [1.165, 1.54) is 0 Å². The van der Waals surface area contributed by atoms with Crippen molar-refractivity contribution in [3.63, 3.8) is 0 Å². The lowest BCUT2D eigenvalue weighted by atomic mass is 10.1. The van der Waals surface area contributed by atoms with Gasteiger partial charge in [-0.25, -0.2) is 0 Å². The molecule has 0 spiro atoms. The van der Waals surface area contributed by atoms with Crippen molar-refractivity contribution in [2.75, 3.05) is 19.7 Å². The Labute approximate surface area is 77.1 Å². The number of hydrogen-bond donors (Lipinski definition) is 4. The quantitative estimate of drug-likeness (QED) is 0.420. The maximum Gasteiger partial charge on any atom is 0.237 e. The zero-order chi connectivity index (χ0) is 9.68. The summed E-state index contributed by atoms with van der Waals surface area (Å²) in [5, 5.41) is 23.2. The summed E-state index contributed by atoms with van der Waals surface area (Å²) in [5.74, 6) is -0.0172. The van der Waals surface area contributed by atoms with Crippen LogP contribution in [0.2, 0.25) is 0 Å². The molecule has 1 fully saturated rings. The summed E-state index contributed by atoms with van der Waals surface area (Å²) >= 11 is 0. The second-order valence-electron chi connectivity index (χ2n) is 3.23. The Bertz CT molecular complexity index is 175. The summed E-state index contributed by atoms with van der Waals surface area (Å²) in [6, 6.07) is -0.213. The predicted molar refractivity (Wildman–Crippen MR) is 47.1 cm³/mol. The van der Waals surface area contributed by atoms with Gasteiger partial charge in [0.25, 0.3) is 0 Å². The normalized spacial score (nSPS) is 25.4. The predicted octanol–water partition coefficient (Wildman–Crippen LogP) is -1.79. The van der Waals surface area contributed by atoms with Crippen molar-refractivity contribution in [3.8, 4) is 0 Å². The molecule has 4 N–H and O–H groups in total. The van der Waals surface area contributed by atoms with Gasteiger partial charge < -0.3 is 20.8 Å². The monoisotopic (exact) mass is 188 g/mol. The number of nitrogens with one attached hydrogen (secondary N) is 2. The van der Waals surface area contributed by atoms with Crippen molar-refractivity contribution < 1.29 is 15.0 Å². The molecule has 0 aliphatic carbocycles. The molecule has 0 aromatic carbocycles. The van der Waals surface area contributed by atoms with Gasteiger partial charge in [-0.3, -0.25) is 4.79 Å². The fourth-order valence-corrected chi connectivity index (χ4v) is 1.31. The standard InChI is InChI=1S/C8H16N2O3/c11-5-6(12)4-10-7-2-1-3-9-8(7)13/h6-7,10-12H,1-5H2,(H,9,13). The van der Waals surface area contributed by atoms with Gasteiger partial charge >= 0.3 is 0 Å². The molecule has 1 aliphatic rings. The molecular formula is C8H16N2O3. The van der Waals surface area contributed by atoms with Gasteiger partial charge in [0.05, 0.1) is 18.8 Å². The summed E-state index contributed by atoms with van der Waals surface area (Å²) in [6.45, 7) is 0.718. The largest absolute Gasteiger partial charge is 0.394 e. The molecule has 1 amide bonds. The van der Waals surface area contributed by atoms with Gasteiger partial charge in [-0.2, -0.15) is 0 Å². The van der Waals surface area contributed by atoms with Crippen LogP contribution in [-0.4, -0.2) is 48.0 Å². The van der Waals surface area contributed by atoms with E-state index in [0.29, 0.717) is 0 Å². The summed E-state index contributed by atoms with van der Waals surface area (Å²) in [6.07, 6.45) is 0.970. The van der Waals surface area contributed by atoms with Crippen LogP contribution in [0.3, 0.4) is 0 Å². The number of carbonyl (C=O) groups excluding carboxylic acids is 1. The van der Waals surface area contributed by atoms with E-state index in [-0.39, 0.29) is 25.1 Å². The number of rotatable bonds is 4. The van der Waals surface area contributed by atoms with Gasteiger partial charge in [0.1, 0.15) is 0 Å². The molecule has 1 aliphatic heterocycles. The maximum absolute atomic E-state index is 11.2. The first-order valence-electron chi connectivity index (χ1n) is 4.54. The summed E-state index contributed by atoms with van der Waals surface area (Å²) < 4.78 is 0. The van der Waals surface area contributed by atoms with Crippen LogP contribution in [0.15, 0.2) is 0 Å². The smallest absolute Gasteiger partial charge is 0.237 e. The Hall–Kier alpha value is -0.650. The molecule has 0 radical (unpaired) electrons. The molecule has 0 bridgehead atoms. The Morgan fingerprint density at radius 1 is 1.69 bits per heavy atom. The molecule has 0 aromatic heterocycles. The molecule has 2 atom stereocenters. The Balaban J connectivity index is 2.22. The van der Waals surface area contributed by atoms with Crippen molar-refractivity contribution in [2.45, 2.75) is 25.0 Å². The van der Waals surface area contributed by atoms with Crippen LogP contribution in [0, 0.1) is 0 Å².